The van der Waals surface area contributed by atoms with Crippen molar-refractivity contribution in [3.05, 3.63) is 46.3 Å². The fourth-order valence-electron chi connectivity index (χ4n) is 2.06. The minimum absolute atomic E-state index is 0.0328. The molecular weight excluding hydrogens is 282 g/mol. The van der Waals surface area contributed by atoms with Crippen molar-refractivity contribution in [1.29, 1.82) is 0 Å². The van der Waals surface area contributed by atoms with Crippen molar-refractivity contribution in [2.45, 2.75) is 26.2 Å². The van der Waals surface area contributed by atoms with Crippen molar-refractivity contribution in [2.75, 3.05) is 6.54 Å². The third kappa shape index (κ3) is 3.97. The number of hydrogen-bond donors (Lipinski definition) is 2. The first-order valence-electron chi connectivity index (χ1n) is 7.32. The summed E-state index contributed by atoms with van der Waals surface area (Å²) in [5, 5.41) is 12.5. The van der Waals surface area contributed by atoms with E-state index >= 15 is 0 Å². The number of aromatic hydroxyl groups is 1. The van der Waals surface area contributed by atoms with Crippen LogP contribution in [-0.4, -0.2) is 17.6 Å². The first kappa shape index (κ1) is 15.8. The van der Waals surface area contributed by atoms with E-state index in [2.05, 4.69) is 12.2 Å². The van der Waals surface area contributed by atoms with E-state index in [9.17, 15) is 14.7 Å². The lowest BCUT2D eigenvalue weighted by molar-refractivity contribution is -0.116. The number of amides is 1. The van der Waals surface area contributed by atoms with E-state index in [4.69, 9.17) is 4.42 Å². The van der Waals surface area contributed by atoms with Crippen LogP contribution in [0.3, 0.4) is 0 Å². The van der Waals surface area contributed by atoms with Gasteiger partial charge in [-0.3, -0.25) is 9.59 Å². The molecule has 5 heteroatoms. The van der Waals surface area contributed by atoms with Gasteiger partial charge in [0.05, 0.1) is 10.9 Å². The monoisotopic (exact) mass is 301 g/mol. The van der Waals surface area contributed by atoms with Gasteiger partial charge in [-0.2, -0.15) is 0 Å². The lowest BCUT2D eigenvalue weighted by atomic mass is 10.1. The van der Waals surface area contributed by atoms with Crippen LogP contribution in [0, 0.1) is 0 Å². The Bertz CT molecular complexity index is 746. The minimum Gasteiger partial charge on any atom is -0.508 e. The lowest BCUT2D eigenvalue weighted by Crippen LogP contribution is -2.22. The number of fused-ring (bicyclic) bond motifs is 1. The standard InChI is InChI=1S/C17H19NO4/c1-2-3-4-9-18-16(20)8-5-12-11-22-15-10-13(19)6-7-14(15)17(12)21/h5-8,10-11,19H,2-4,9H2,1H3,(H,18,20)/b8-5+. The SMILES string of the molecule is CCCCCNC(=O)/C=C/c1coc2cc(O)ccc2c1=O. The Kier molecular flexibility index (Phi) is 5.36. The zero-order valence-electron chi connectivity index (χ0n) is 12.5. The Morgan fingerprint density at radius 3 is 2.95 bits per heavy atom. The predicted octanol–water partition coefficient (Wildman–Crippen LogP) is 2.82. The zero-order chi connectivity index (χ0) is 15.9. The molecule has 0 saturated heterocycles. The second-order valence-electron chi connectivity index (χ2n) is 5.03. The second-order valence-corrected chi connectivity index (χ2v) is 5.03. The van der Waals surface area contributed by atoms with Crippen LogP contribution in [0.15, 0.2) is 39.7 Å². The number of rotatable bonds is 6. The van der Waals surface area contributed by atoms with Crippen molar-refractivity contribution in [3.8, 4) is 5.75 Å². The lowest BCUT2D eigenvalue weighted by Gasteiger charge is -2.01. The molecule has 0 saturated carbocycles. The number of carbonyl (C=O) groups excluding carboxylic acids is 1. The quantitative estimate of drug-likeness (QED) is 0.635. The largest absolute Gasteiger partial charge is 0.508 e. The van der Waals surface area contributed by atoms with Gasteiger partial charge in [0, 0.05) is 18.7 Å². The van der Waals surface area contributed by atoms with E-state index in [0.29, 0.717) is 23.1 Å². The molecule has 1 heterocycles. The van der Waals surface area contributed by atoms with E-state index in [0.717, 1.165) is 19.3 Å². The third-order valence-corrected chi connectivity index (χ3v) is 3.28. The van der Waals surface area contributed by atoms with Crippen LogP contribution in [0.25, 0.3) is 17.0 Å². The Morgan fingerprint density at radius 2 is 2.18 bits per heavy atom. The molecule has 22 heavy (non-hydrogen) atoms. The van der Waals surface area contributed by atoms with Gasteiger partial charge in [-0.15, -0.1) is 0 Å². The van der Waals surface area contributed by atoms with Gasteiger partial charge in [0.1, 0.15) is 17.6 Å². The van der Waals surface area contributed by atoms with Crippen molar-refractivity contribution in [2.24, 2.45) is 0 Å². The van der Waals surface area contributed by atoms with Crippen molar-refractivity contribution >= 4 is 23.0 Å². The molecular formula is C17H19NO4. The number of phenolic OH excluding ortho intramolecular Hbond substituents is 1. The molecule has 1 aromatic heterocycles. The van der Waals surface area contributed by atoms with Crippen LogP contribution in [0.1, 0.15) is 31.7 Å². The number of hydrogen-bond acceptors (Lipinski definition) is 4. The molecule has 0 spiro atoms. The topological polar surface area (TPSA) is 79.5 Å². The summed E-state index contributed by atoms with van der Waals surface area (Å²) in [5.74, 6) is -0.202. The van der Waals surface area contributed by atoms with Crippen LogP contribution in [-0.2, 0) is 4.79 Å². The van der Waals surface area contributed by atoms with Crippen molar-refractivity contribution in [3.63, 3.8) is 0 Å². The maximum Gasteiger partial charge on any atom is 0.244 e. The molecule has 116 valence electrons. The molecule has 0 bridgehead atoms. The van der Waals surface area contributed by atoms with E-state index in [1.165, 1.54) is 36.6 Å². The average Bonchev–Trinajstić information content (AvgIpc) is 2.51. The number of phenols is 1. The van der Waals surface area contributed by atoms with Gasteiger partial charge in [-0.05, 0) is 24.6 Å². The Balaban J connectivity index is 2.10. The summed E-state index contributed by atoms with van der Waals surface area (Å²) in [4.78, 5) is 23.9. The van der Waals surface area contributed by atoms with Gasteiger partial charge in [-0.25, -0.2) is 0 Å². The molecule has 0 aliphatic rings. The number of benzene rings is 1. The predicted molar refractivity (Wildman–Crippen MR) is 85.7 cm³/mol. The van der Waals surface area contributed by atoms with Crippen LogP contribution in [0.2, 0.25) is 0 Å². The van der Waals surface area contributed by atoms with Crippen LogP contribution < -0.4 is 10.7 Å². The van der Waals surface area contributed by atoms with Gasteiger partial charge in [0.2, 0.25) is 5.91 Å². The number of carbonyl (C=O) groups is 1. The molecule has 0 radical (unpaired) electrons. The molecule has 2 aromatic rings. The molecule has 2 rings (SSSR count). The summed E-state index contributed by atoms with van der Waals surface area (Å²) in [6.45, 7) is 2.73. The molecule has 1 amide bonds. The number of unbranched alkanes of at least 4 members (excludes halogenated alkanes) is 2. The third-order valence-electron chi connectivity index (χ3n) is 3.28. The minimum atomic E-state index is -0.240. The molecule has 5 nitrogen and oxygen atoms in total. The highest BCUT2D eigenvalue weighted by atomic mass is 16.3. The van der Waals surface area contributed by atoms with Crippen LogP contribution in [0.4, 0.5) is 0 Å². The summed E-state index contributed by atoms with van der Waals surface area (Å²) in [7, 11) is 0. The summed E-state index contributed by atoms with van der Waals surface area (Å²) >= 11 is 0. The molecule has 2 N–H and O–H groups in total. The zero-order valence-corrected chi connectivity index (χ0v) is 12.5. The van der Waals surface area contributed by atoms with Gasteiger partial charge in [0.25, 0.3) is 0 Å². The summed E-state index contributed by atoms with van der Waals surface area (Å²) < 4.78 is 5.31. The van der Waals surface area contributed by atoms with Gasteiger partial charge < -0.3 is 14.8 Å². The first-order chi connectivity index (χ1) is 10.6. The van der Waals surface area contributed by atoms with Crippen LogP contribution in [0.5, 0.6) is 5.75 Å². The average molecular weight is 301 g/mol. The van der Waals surface area contributed by atoms with Gasteiger partial charge in [-0.1, -0.05) is 19.8 Å². The summed E-state index contributed by atoms with van der Waals surface area (Å²) in [6.07, 6.45) is 7.16. The normalized spacial score (nSPS) is 11.1. The Morgan fingerprint density at radius 1 is 1.36 bits per heavy atom. The highest BCUT2D eigenvalue weighted by Gasteiger charge is 2.06. The molecule has 0 unspecified atom stereocenters. The molecule has 1 aromatic carbocycles. The fraction of sp³-hybridized carbons (Fsp3) is 0.294. The van der Waals surface area contributed by atoms with E-state index in [-0.39, 0.29) is 17.1 Å². The Hall–Kier alpha value is -2.56. The highest BCUT2D eigenvalue weighted by Crippen LogP contribution is 2.17. The van der Waals surface area contributed by atoms with Crippen molar-refractivity contribution < 1.29 is 14.3 Å². The van der Waals surface area contributed by atoms with Gasteiger partial charge >= 0.3 is 0 Å². The molecule has 0 atom stereocenters. The molecule has 0 aliphatic carbocycles. The number of nitrogens with one attached hydrogen (secondary N) is 1. The van der Waals surface area contributed by atoms with E-state index in [1.54, 1.807) is 0 Å². The maximum absolute atomic E-state index is 12.2. The fourth-order valence-corrected chi connectivity index (χ4v) is 2.06. The molecule has 0 fully saturated rings. The first-order valence-corrected chi connectivity index (χ1v) is 7.32. The summed E-state index contributed by atoms with van der Waals surface area (Å²) in [6, 6.07) is 4.30. The second kappa shape index (κ2) is 7.45. The van der Waals surface area contributed by atoms with Crippen molar-refractivity contribution in [1.82, 2.24) is 5.32 Å². The maximum atomic E-state index is 12.2. The molecule has 0 aliphatic heterocycles. The van der Waals surface area contributed by atoms with Gasteiger partial charge in [0.15, 0.2) is 5.43 Å². The van der Waals surface area contributed by atoms with E-state index in [1.807, 2.05) is 0 Å². The summed E-state index contributed by atoms with van der Waals surface area (Å²) in [5.41, 5.74) is 0.365. The smallest absolute Gasteiger partial charge is 0.244 e. The Labute approximate surface area is 128 Å². The van der Waals surface area contributed by atoms with E-state index < -0.39 is 0 Å². The van der Waals surface area contributed by atoms with Crippen LogP contribution >= 0.6 is 0 Å². The highest BCUT2D eigenvalue weighted by molar-refractivity contribution is 5.92.